The van der Waals surface area contributed by atoms with Gasteiger partial charge >= 0.3 is 0 Å². The van der Waals surface area contributed by atoms with Crippen molar-refractivity contribution in [3.8, 4) is 0 Å². The number of ether oxygens (including phenoxy) is 2. The molecule has 4 nitrogen and oxygen atoms in total. The van der Waals surface area contributed by atoms with Gasteiger partial charge in [0.05, 0.1) is 24.4 Å². The minimum atomic E-state index is 0.0581. The Labute approximate surface area is 173 Å². The first kappa shape index (κ1) is 22.5. The lowest BCUT2D eigenvalue weighted by atomic mass is 9.92. The van der Waals surface area contributed by atoms with E-state index in [9.17, 15) is 0 Å². The van der Waals surface area contributed by atoms with Gasteiger partial charge in [0.25, 0.3) is 0 Å². The molecule has 0 radical (unpaired) electrons. The van der Waals surface area contributed by atoms with Crippen molar-refractivity contribution >= 4 is 0 Å². The van der Waals surface area contributed by atoms with Crippen LogP contribution in [0.25, 0.3) is 0 Å². The predicted molar refractivity (Wildman–Crippen MR) is 117 cm³/mol. The minimum Gasteiger partial charge on any atom is -0.375 e. The molecular formula is C24H46N2O2. The zero-order valence-electron chi connectivity index (χ0n) is 19.8. The third-order valence-electron chi connectivity index (χ3n) is 7.03. The highest BCUT2D eigenvalue weighted by atomic mass is 16.5. The van der Waals surface area contributed by atoms with Crippen LogP contribution in [0.2, 0.25) is 0 Å². The molecule has 2 unspecified atom stereocenters. The maximum absolute atomic E-state index is 6.63. The van der Waals surface area contributed by atoms with Crippen molar-refractivity contribution in [1.29, 1.82) is 0 Å². The summed E-state index contributed by atoms with van der Waals surface area (Å²) in [6.07, 6.45) is 10.6. The molecule has 0 aromatic carbocycles. The van der Waals surface area contributed by atoms with E-state index < -0.39 is 0 Å². The summed E-state index contributed by atoms with van der Waals surface area (Å²) in [5.41, 5.74) is 0.563. The van der Waals surface area contributed by atoms with Crippen molar-refractivity contribution in [2.75, 3.05) is 0 Å². The van der Waals surface area contributed by atoms with Crippen molar-refractivity contribution in [2.24, 2.45) is 0 Å². The molecule has 0 bridgehead atoms. The van der Waals surface area contributed by atoms with Gasteiger partial charge in [-0.3, -0.25) is 0 Å². The predicted octanol–water partition coefficient (Wildman–Crippen LogP) is 4.95. The van der Waals surface area contributed by atoms with Gasteiger partial charge in [0, 0.05) is 22.2 Å². The highest BCUT2D eigenvalue weighted by Crippen LogP contribution is 2.36. The van der Waals surface area contributed by atoms with Gasteiger partial charge in [-0.05, 0) is 107 Å². The zero-order chi connectivity index (χ0) is 20.8. The van der Waals surface area contributed by atoms with Crippen molar-refractivity contribution in [1.82, 2.24) is 10.6 Å². The van der Waals surface area contributed by atoms with E-state index in [1.54, 1.807) is 0 Å². The Morgan fingerprint density at radius 2 is 1.11 bits per heavy atom. The molecule has 2 N–H and O–H groups in total. The molecule has 3 fully saturated rings. The van der Waals surface area contributed by atoms with Crippen LogP contribution in [0.1, 0.15) is 107 Å². The van der Waals surface area contributed by atoms with Crippen LogP contribution in [0.5, 0.6) is 0 Å². The van der Waals surface area contributed by atoms with E-state index in [0.717, 1.165) is 44.9 Å². The topological polar surface area (TPSA) is 42.5 Å². The normalized spacial score (nSPS) is 39.4. The maximum Gasteiger partial charge on any atom is 0.0772 e. The Kier molecular flexibility index (Phi) is 6.30. The lowest BCUT2D eigenvalue weighted by Gasteiger charge is -2.37. The van der Waals surface area contributed by atoms with Gasteiger partial charge in [0.1, 0.15) is 0 Å². The maximum atomic E-state index is 6.63. The van der Waals surface area contributed by atoms with Crippen molar-refractivity contribution in [2.45, 2.75) is 153 Å². The quantitative estimate of drug-likeness (QED) is 0.708. The van der Waals surface area contributed by atoms with E-state index in [-0.39, 0.29) is 22.2 Å². The van der Waals surface area contributed by atoms with Crippen LogP contribution >= 0.6 is 0 Å². The van der Waals surface area contributed by atoms with Crippen LogP contribution in [0.4, 0.5) is 0 Å². The number of hydrogen-bond donors (Lipinski definition) is 2. The highest BCUT2D eigenvalue weighted by molar-refractivity contribution is 5.04. The fourth-order valence-corrected chi connectivity index (χ4v) is 6.09. The second-order valence-electron chi connectivity index (χ2n) is 12.4. The molecular weight excluding hydrogens is 348 g/mol. The SMILES string of the molecule is CC1(C)CCC(OC2CCC(OC3CC(C)(C)NC3(C)C)CC2)CC(C)(C)N1. The fraction of sp³-hybridized carbons (Fsp3) is 1.00. The van der Waals surface area contributed by atoms with Crippen molar-refractivity contribution in [3.63, 3.8) is 0 Å². The van der Waals surface area contributed by atoms with Gasteiger partial charge in [-0.15, -0.1) is 0 Å². The Bertz CT molecular complexity index is 533. The highest BCUT2D eigenvalue weighted by Gasteiger charge is 2.46. The molecule has 1 aliphatic carbocycles. The standard InChI is InChI=1S/C24H46N2O2/c1-21(2)14-13-19(15-22(3,4)25-21)27-17-9-11-18(12-10-17)28-20-16-23(5,6)26-24(20,7)8/h17-20,25-26H,9-16H2,1-8H3. The molecule has 2 aliphatic heterocycles. The van der Waals surface area contributed by atoms with Gasteiger partial charge in [-0.2, -0.15) is 0 Å². The van der Waals surface area contributed by atoms with Crippen LogP contribution in [0.3, 0.4) is 0 Å². The van der Waals surface area contributed by atoms with Crippen LogP contribution < -0.4 is 10.6 Å². The molecule has 164 valence electrons. The second kappa shape index (κ2) is 7.83. The summed E-state index contributed by atoms with van der Waals surface area (Å²) in [5.74, 6) is 0. The molecule has 2 saturated heterocycles. The van der Waals surface area contributed by atoms with Gasteiger partial charge in [0.2, 0.25) is 0 Å². The minimum absolute atomic E-state index is 0.0581. The van der Waals surface area contributed by atoms with E-state index in [1.165, 1.54) is 6.42 Å². The van der Waals surface area contributed by atoms with Crippen molar-refractivity contribution < 1.29 is 9.47 Å². The molecule has 2 atom stereocenters. The summed E-state index contributed by atoms with van der Waals surface area (Å²) < 4.78 is 13.2. The first-order chi connectivity index (χ1) is 12.8. The zero-order valence-corrected chi connectivity index (χ0v) is 19.8. The number of nitrogens with one attached hydrogen (secondary N) is 2. The van der Waals surface area contributed by atoms with E-state index in [1.807, 2.05) is 0 Å². The summed E-state index contributed by atoms with van der Waals surface area (Å²) in [7, 11) is 0. The van der Waals surface area contributed by atoms with Gasteiger partial charge in [-0.25, -0.2) is 0 Å². The van der Waals surface area contributed by atoms with Gasteiger partial charge in [-0.1, -0.05) is 0 Å². The molecule has 3 aliphatic rings. The summed E-state index contributed by atoms with van der Waals surface area (Å²) >= 11 is 0. The van der Waals surface area contributed by atoms with Gasteiger partial charge in [0.15, 0.2) is 0 Å². The van der Waals surface area contributed by atoms with Crippen LogP contribution in [0.15, 0.2) is 0 Å². The molecule has 0 aromatic heterocycles. The fourth-order valence-electron chi connectivity index (χ4n) is 6.09. The van der Waals surface area contributed by atoms with Crippen LogP contribution in [0, 0.1) is 0 Å². The third-order valence-corrected chi connectivity index (χ3v) is 7.03. The average Bonchev–Trinajstić information content (AvgIpc) is 2.64. The summed E-state index contributed by atoms with van der Waals surface area (Å²) in [6, 6.07) is 0. The Morgan fingerprint density at radius 1 is 0.571 bits per heavy atom. The summed E-state index contributed by atoms with van der Waals surface area (Å²) in [6.45, 7) is 18.4. The first-order valence-corrected chi connectivity index (χ1v) is 11.6. The molecule has 4 heteroatoms. The van der Waals surface area contributed by atoms with E-state index in [0.29, 0.717) is 24.4 Å². The first-order valence-electron chi connectivity index (χ1n) is 11.6. The smallest absolute Gasteiger partial charge is 0.0772 e. The lowest BCUT2D eigenvalue weighted by molar-refractivity contribution is -0.0937. The van der Waals surface area contributed by atoms with Crippen LogP contribution in [-0.2, 0) is 9.47 Å². The molecule has 0 aromatic rings. The molecule has 1 saturated carbocycles. The van der Waals surface area contributed by atoms with E-state index in [2.05, 4.69) is 66.0 Å². The van der Waals surface area contributed by atoms with Crippen molar-refractivity contribution in [3.05, 3.63) is 0 Å². The monoisotopic (exact) mass is 394 g/mol. The molecule has 2 heterocycles. The molecule has 28 heavy (non-hydrogen) atoms. The third kappa shape index (κ3) is 5.93. The second-order valence-corrected chi connectivity index (χ2v) is 12.4. The van der Waals surface area contributed by atoms with Crippen LogP contribution in [-0.4, -0.2) is 46.6 Å². The lowest BCUT2D eigenvalue weighted by Crippen LogP contribution is -2.51. The summed E-state index contributed by atoms with van der Waals surface area (Å²) in [5, 5.41) is 7.55. The number of rotatable bonds is 4. The average molecular weight is 395 g/mol. The molecule has 3 rings (SSSR count). The van der Waals surface area contributed by atoms with Gasteiger partial charge < -0.3 is 20.1 Å². The Balaban J connectivity index is 1.47. The Morgan fingerprint density at radius 3 is 1.64 bits per heavy atom. The Hall–Kier alpha value is -0.160. The molecule has 0 amide bonds. The summed E-state index contributed by atoms with van der Waals surface area (Å²) in [4.78, 5) is 0. The molecule has 0 spiro atoms. The van der Waals surface area contributed by atoms with E-state index >= 15 is 0 Å². The number of hydrogen-bond acceptors (Lipinski definition) is 4. The van der Waals surface area contributed by atoms with E-state index in [4.69, 9.17) is 9.47 Å². The largest absolute Gasteiger partial charge is 0.375 e.